The van der Waals surface area contributed by atoms with Gasteiger partial charge < -0.3 is 15.4 Å². The van der Waals surface area contributed by atoms with Crippen LogP contribution >= 0.6 is 0 Å². The molecule has 13 heavy (non-hydrogen) atoms. The zero-order valence-corrected chi connectivity index (χ0v) is 8.67. The van der Waals surface area contributed by atoms with Crippen LogP contribution in [0.4, 0.5) is 4.79 Å². The van der Waals surface area contributed by atoms with Gasteiger partial charge in [0.15, 0.2) is 0 Å². The summed E-state index contributed by atoms with van der Waals surface area (Å²) in [6.07, 6.45) is 0.776. The normalized spacial score (nSPS) is 23.4. The number of ether oxygens (including phenoxy) is 1. The van der Waals surface area contributed by atoms with E-state index in [0.29, 0.717) is 6.04 Å². The number of nitrogens with zero attached hydrogens (tertiary/aromatic N) is 1. The van der Waals surface area contributed by atoms with Crippen molar-refractivity contribution in [1.29, 1.82) is 0 Å². The molecule has 0 aromatic rings. The van der Waals surface area contributed by atoms with Crippen molar-refractivity contribution in [1.82, 2.24) is 4.90 Å². The number of carbonyl (C=O) groups is 1. The lowest BCUT2D eigenvalue weighted by Gasteiger charge is -2.23. The maximum Gasteiger partial charge on any atom is 0.410 e. The first-order valence-electron chi connectivity index (χ1n) is 4.69. The molecular formula is C9H19N2O2+. The molecule has 0 spiro atoms. The van der Waals surface area contributed by atoms with Crippen molar-refractivity contribution in [2.75, 3.05) is 13.1 Å². The van der Waals surface area contributed by atoms with Gasteiger partial charge in [-0.05, 0) is 20.8 Å². The predicted octanol–water partition coefficient (Wildman–Crippen LogP) is 0.238. The van der Waals surface area contributed by atoms with Crippen molar-refractivity contribution >= 4 is 6.09 Å². The molecule has 0 aromatic carbocycles. The molecule has 1 fully saturated rings. The van der Waals surface area contributed by atoms with Crippen LogP contribution in [-0.2, 0) is 4.74 Å². The Bertz CT molecular complexity index is 198. The van der Waals surface area contributed by atoms with E-state index >= 15 is 0 Å². The first-order valence-corrected chi connectivity index (χ1v) is 4.69. The van der Waals surface area contributed by atoms with Crippen molar-refractivity contribution in [3.05, 3.63) is 0 Å². The highest BCUT2D eigenvalue weighted by Gasteiger charge is 2.29. The predicted molar refractivity (Wildman–Crippen MR) is 49.1 cm³/mol. The Morgan fingerprint density at radius 2 is 2.15 bits per heavy atom. The largest absolute Gasteiger partial charge is 0.444 e. The van der Waals surface area contributed by atoms with Gasteiger partial charge in [0.05, 0.1) is 6.54 Å². The van der Waals surface area contributed by atoms with E-state index in [9.17, 15) is 4.79 Å². The fourth-order valence-electron chi connectivity index (χ4n) is 1.32. The zero-order chi connectivity index (χ0) is 10.1. The SMILES string of the molecule is CC(C)(C)OC(=O)N1CC[C@H]([NH3+])C1. The number of amides is 1. The number of rotatable bonds is 0. The molecule has 4 nitrogen and oxygen atoms in total. The maximum absolute atomic E-state index is 11.5. The lowest BCUT2D eigenvalue weighted by Crippen LogP contribution is -2.62. The number of quaternary nitrogens is 1. The molecule has 1 atom stereocenters. The summed E-state index contributed by atoms with van der Waals surface area (Å²) in [4.78, 5) is 13.2. The van der Waals surface area contributed by atoms with Crippen LogP contribution in [0.1, 0.15) is 27.2 Å². The molecule has 0 saturated carbocycles. The van der Waals surface area contributed by atoms with Crippen molar-refractivity contribution in [3.63, 3.8) is 0 Å². The molecule has 4 heteroatoms. The molecule has 0 radical (unpaired) electrons. The molecule has 0 aromatic heterocycles. The second kappa shape index (κ2) is 3.54. The molecule has 1 amide bonds. The van der Waals surface area contributed by atoms with Crippen LogP contribution in [0.5, 0.6) is 0 Å². The van der Waals surface area contributed by atoms with Crippen LogP contribution < -0.4 is 5.73 Å². The average Bonchev–Trinajstić information content (AvgIpc) is 2.31. The van der Waals surface area contributed by atoms with E-state index in [-0.39, 0.29) is 6.09 Å². The number of carbonyl (C=O) groups excluding carboxylic acids is 1. The Labute approximate surface area is 79.0 Å². The molecule has 1 aliphatic heterocycles. The van der Waals surface area contributed by atoms with Gasteiger partial charge in [-0.2, -0.15) is 0 Å². The molecular weight excluding hydrogens is 168 g/mol. The summed E-state index contributed by atoms with van der Waals surface area (Å²) in [5, 5.41) is 0. The molecule has 3 N–H and O–H groups in total. The molecule has 1 heterocycles. The van der Waals surface area contributed by atoms with Gasteiger partial charge in [-0.25, -0.2) is 4.79 Å². The van der Waals surface area contributed by atoms with E-state index in [1.165, 1.54) is 0 Å². The summed E-state index contributed by atoms with van der Waals surface area (Å²) in [5.74, 6) is 0. The van der Waals surface area contributed by atoms with Crippen molar-refractivity contribution in [2.24, 2.45) is 0 Å². The van der Waals surface area contributed by atoms with Gasteiger partial charge in [-0.3, -0.25) is 0 Å². The first kappa shape index (κ1) is 10.3. The van der Waals surface area contributed by atoms with E-state index in [0.717, 1.165) is 19.5 Å². The van der Waals surface area contributed by atoms with Gasteiger partial charge in [0.2, 0.25) is 0 Å². The first-order chi connectivity index (χ1) is 5.88. The van der Waals surface area contributed by atoms with E-state index in [1.54, 1.807) is 4.90 Å². The Balaban J connectivity index is 2.41. The molecule has 0 aliphatic carbocycles. The molecule has 1 saturated heterocycles. The third-order valence-corrected chi connectivity index (χ3v) is 1.94. The van der Waals surface area contributed by atoms with E-state index in [2.05, 4.69) is 5.73 Å². The Hall–Kier alpha value is -0.770. The fraction of sp³-hybridized carbons (Fsp3) is 0.889. The van der Waals surface area contributed by atoms with E-state index in [4.69, 9.17) is 4.74 Å². The smallest absolute Gasteiger partial charge is 0.410 e. The van der Waals surface area contributed by atoms with Crippen LogP contribution in [0.15, 0.2) is 0 Å². The monoisotopic (exact) mass is 187 g/mol. The topological polar surface area (TPSA) is 57.2 Å². The van der Waals surface area contributed by atoms with Crippen LogP contribution in [0.2, 0.25) is 0 Å². The third-order valence-electron chi connectivity index (χ3n) is 1.94. The average molecular weight is 187 g/mol. The molecule has 0 bridgehead atoms. The molecule has 0 unspecified atom stereocenters. The molecule has 1 rings (SSSR count). The fourth-order valence-corrected chi connectivity index (χ4v) is 1.32. The summed E-state index contributed by atoms with van der Waals surface area (Å²) in [5.41, 5.74) is 3.52. The highest BCUT2D eigenvalue weighted by Crippen LogP contribution is 2.13. The molecule has 76 valence electrons. The van der Waals surface area contributed by atoms with Crippen molar-refractivity contribution in [2.45, 2.75) is 38.8 Å². The second-order valence-corrected chi connectivity index (χ2v) is 4.58. The summed E-state index contributed by atoms with van der Waals surface area (Å²) < 4.78 is 5.23. The van der Waals surface area contributed by atoms with Gasteiger partial charge in [0, 0.05) is 13.0 Å². The van der Waals surface area contributed by atoms with Gasteiger partial charge in [0.1, 0.15) is 11.6 Å². The van der Waals surface area contributed by atoms with Gasteiger partial charge in [-0.1, -0.05) is 0 Å². The van der Waals surface area contributed by atoms with Gasteiger partial charge in [-0.15, -0.1) is 0 Å². The summed E-state index contributed by atoms with van der Waals surface area (Å²) >= 11 is 0. The van der Waals surface area contributed by atoms with Crippen LogP contribution in [0.3, 0.4) is 0 Å². The quantitative estimate of drug-likeness (QED) is 0.590. The Morgan fingerprint density at radius 1 is 1.54 bits per heavy atom. The summed E-state index contributed by atoms with van der Waals surface area (Å²) in [6, 6.07) is 0.368. The van der Waals surface area contributed by atoms with Crippen LogP contribution in [0, 0.1) is 0 Å². The Morgan fingerprint density at radius 3 is 2.54 bits per heavy atom. The number of hydrogen-bond acceptors (Lipinski definition) is 2. The van der Waals surface area contributed by atoms with Crippen molar-refractivity contribution < 1.29 is 15.3 Å². The summed E-state index contributed by atoms with van der Waals surface area (Å²) in [6.45, 7) is 7.14. The number of likely N-dealkylation sites (tertiary alicyclic amines) is 1. The highest BCUT2D eigenvalue weighted by atomic mass is 16.6. The Kier molecular flexibility index (Phi) is 2.81. The number of hydrogen-bond donors (Lipinski definition) is 1. The lowest BCUT2D eigenvalue weighted by atomic mass is 10.2. The lowest BCUT2D eigenvalue weighted by molar-refractivity contribution is -0.413. The minimum absolute atomic E-state index is 0.210. The summed E-state index contributed by atoms with van der Waals surface area (Å²) in [7, 11) is 0. The third kappa shape index (κ3) is 3.22. The maximum atomic E-state index is 11.5. The van der Waals surface area contributed by atoms with E-state index in [1.807, 2.05) is 20.8 Å². The highest BCUT2D eigenvalue weighted by molar-refractivity contribution is 5.68. The second-order valence-electron chi connectivity index (χ2n) is 4.58. The van der Waals surface area contributed by atoms with Gasteiger partial charge >= 0.3 is 6.09 Å². The van der Waals surface area contributed by atoms with Gasteiger partial charge in [0.25, 0.3) is 0 Å². The van der Waals surface area contributed by atoms with Crippen LogP contribution in [0.25, 0.3) is 0 Å². The zero-order valence-electron chi connectivity index (χ0n) is 8.67. The standard InChI is InChI=1S/C9H18N2O2/c1-9(2,3)13-8(12)11-5-4-7(10)6-11/h7H,4-6,10H2,1-3H3/p+1/t7-/m0/s1. The molecule has 1 aliphatic rings. The minimum Gasteiger partial charge on any atom is -0.444 e. The minimum atomic E-state index is -0.393. The van der Waals surface area contributed by atoms with E-state index < -0.39 is 5.60 Å². The van der Waals surface area contributed by atoms with Crippen LogP contribution in [-0.4, -0.2) is 35.7 Å². The van der Waals surface area contributed by atoms with Crippen molar-refractivity contribution in [3.8, 4) is 0 Å².